The average Bonchev–Trinajstić information content (AvgIpc) is 2.51. The molecule has 0 aliphatic heterocycles. The van der Waals surface area contributed by atoms with Gasteiger partial charge < -0.3 is 15.0 Å². The number of hydrogen-bond acceptors (Lipinski definition) is 4. The van der Waals surface area contributed by atoms with Crippen LogP contribution in [-0.2, 0) is 0 Å². The van der Waals surface area contributed by atoms with E-state index < -0.39 is 0 Å². The lowest BCUT2D eigenvalue weighted by Crippen LogP contribution is -2.27. The highest BCUT2D eigenvalue weighted by Crippen LogP contribution is 2.34. The van der Waals surface area contributed by atoms with Gasteiger partial charge in [-0.15, -0.1) is 0 Å². The summed E-state index contributed by atoms with van der Waals surface area (Å²) in [5.74, 6) is 0.882. The van der Waals surface area contributed by atoms with Crippen LogP contribution in [0, 0.1) is 17.2 Å². The molecule has 1 aromatic carbocycles. The van der Waals surface area contributed by atoms with Gasteiger partial charge in [0.2, 0.25) is 0 Å². The van der Waals surface area contributed by atoms with E-state index in [0.29, 0.717) is 6.54 Å². The van der Waals surface area contributed by atoms with Gasteiger partial charge in [0.05, 0.1) is 19.1 Å². The number of rotatable bonds is 8. The Balaban J connectivity index is 3.10. The maximum absolute atomic E-state index is 9.01. The van der Waals surface area contributed by atoms with Gasteiger partial charge in [0.15, 0.2) is 0 Å². The Morgan fingerprint density at radius 2 is 2.10 bits per heavy atom. The molecule has 0 heterocycles. The highest BCUT2D eigenvalue weighted by atomic mass is 16.5. The smallest absolute Gasteiger partial charge is 0.125 e. The predicted molar refractivity (Wildman–Crippen MR) is 87.7 cm³/mol. The summed E-state index contributed by atoms with van der Waals surface area (Å²) >= 11 is 0. The number of anilines is 1. The van der Waals surface area contributed by atoms with Crippen molar-refractivity contribution in [2.45, 2.75) is 33.2 Å². The topological polar surface area (TPSA) is 48.3 Å². The first kappa shape index (κ1) is 17.3. The molecule has 0 saturated carbocycles. The lowest BCUT2D eigenvalue weighted by Gasteiger charge is -2.27. The lowest BCUT2D eigenvalue weighted by atomic mass is 10.0. The number of hydrogen-bond donors (Lipinski definition) is 1. The van der Waals surface area contributed by atoms with Gasteiger partial charge in [-0.25, -0.2) is 0 Å². The third-order valence-electron chi connectivity index (χ3n) is 3.58. The number of ether oxygens (including phenoxy) is 1. The fourth-order valence-corrected chi connectivity index (χ4v) is 2.49. The van der Waals surface area contributed by atoms with E-state index in [0.717, 1.165) is 30.0 Å². The molecule has 0 aliphatic carbocycles. The van der Waals surface area contributed by atoms with Crippen molar-refractivity contribution in [3.63, 3.8) is 0 Å². The van der Waals surface area contributed by atoms with Crippen molar-refractivity contribution in [1.82, 2.24) is 5.32 Å². The molecule has 2 unspecified atom stereocenters. The number of benzene rings is 1. The Morgan fingerprint density at radius 1 is 1.38 bits per heavy atom. The average molecular weight is 289 g/mol. The van der Waals surface area contributed by atoms with Gasteiger partial charge in [-0.2, -0.15) is 5.26 Å². The van der Waals surface area contributed by atoms with Gasteiger partial charge >= 0.3 is 0 Å². The molecule has 2 atom stereocenters. The number of nitriles is 1. The molecule has 4 nitrogen and oxygen atoms in total. The van der Waals surface area contributed by atoms with Crippen LogP contribution in [0.3, 0.4) is 0 Å². The van der Waals surface area contributed by atoms with Crippen LogP contribution in [0.2, 0.25) is 0 Å². The van der Waals surface area contributed by atoms with Gasteiger partial charge in [-0.3, -0.25) is 0 Å². The van der Waals surface area contributed by atoms with Gasteiger partial charge in [0.1, 0.15) is 5.75 Å². The van der Waals surface area contributed by atoms with Crippen LogP contribution in [0.1, 0.15) is 38.8 Å². The molecule has 0 bridgehead atoms. The normalized spacial score (nSPS) is 13.3. The first-order valence-corrected chi connectivity index (χ1v) is 7.56. The van der Waals surface area contributed by atoms with Crippen LogP contribution in [0.25, 0.3) is 0 Å². The van der Waals surface area contributed by atoms with Crippen molar-refractivity contribution < 1.29 is 4.74 Å². The summed E-state index contributed by atoms with van der Waals surface area (Å²) in [4.78, 5) is 2.13. The van der Waals surface area contributed by atoms with E-state index in [-0.39, 0.29) is 12.0 Å². The molecule has 0 fully saturated rings. The van der Waals surface area contributed by atoms with Crippen molar-refractivity contribution in [1.29, 1.82) is 5.26 Å². The van der Waals surface area contributed by atoms with E-state index in [9.17, 15) is 0 Å². The van der Waals surface area contributed by atoms with Crippen molar-refractivity contribution in [3.8, 4) is 11.8 Å². The third kappa shape index (κ3) is 4.64. The quantitative estimate of drug-likeness (QED) is 0.797. The zero-order valence-electron chi connectivity index (χ0n) is 13.8. The summed E-state index contributed by atoms with van der Waals surface area (Å²) in [6, 6.07) is 8.57. The van der Waals surface area contributed by atoms with Crippen LogP contribution in [-0.4, -0.2) is 27.2 Å². The van der Waals surface area contributed by atoms with Crippen LogP contribution < -0.4 is 15.0 Å². The zero-order valence-corrected chi connectivity index (χ0v) is 13.8. The van der Waals surface area contributed by atoms with Crippen molar-refractivity contribution >= 4 is 5.69 Å². The summed E-state index contributed by atoms with van der Waals surface area (Å²) in [6.07, 6.45) is 1.09. The summed E-state index contributed by atoms with van der Waals surface area (Å²) in [5, 5.41) is 12.5. The molecule has 4 heteroatoms. The molecule has 0 aromatic heterocycles. The highest BCUT2D eigenvalue weighted by molar-refractivity contribution is 5.60. The minimum absolute atomic E-state index is 0.00652. The van der Waals surface area contributed by atoms with Crippen molar-refractivity contribution in [2.75, 3.05) is 32.1 Å². The molecule has 1 rings (SSSR count). The zero-order chi connectivity index (χ0) is 15.8. The summed E-state index contributed by atoms with van der Waals surface area (Å²) in [7, 11) is 3.73. The second-order valence-corrected chi connectivity index (χ2v) is 5.48. The minimum atomic E-state index is -0.00652. The van der Waals surface area contributed by atoms with E-state index in [4.69, 9.17) is 10.00 Å². The second kappa shape index (κ2) is 8.53. The van der Waals surface area contributed by atoms with Crippen LogP contribution in [0.5, 0.6) is 5.75 Å². The molecule has 0 saturated heterocycles. The maximum atomic E-state index is 9.01. The lowest BCUT2D eigenvalue weighted by molar-refractivity contribution is 0.401. The molecular weight excluding hydrogens is 262 g/mol. The van der Waals surface area contributed by atoms with Crippen LogP contribution in [0.4, 0.5) is 5.69 Å². The van der Waals surface area contributed by atoms with E-state index in [1.807, 2.05) is 26.1 Å². The molecule has 1 aromatic rings. The predicted octanol–water partition coefficient (Wildman–Crippen LogP) is 3.35. The first-order chi connectivity index (χ1) is 10.0. The molecule has 1 N–H and O–H groups in total. The van der Waals surface area contributed by atoms with Gasteiger partial charge in [-0.05, 0) is 38.9 Å². The van der Waals surface area contributed by atoms with Crippen LogP contribution >= 0.6 is 0 Å². The van der Waals surface area contributed by atoms with E-state index >= 15 is 0 Å². The van der Waals surface area contributed by atoms with Crippen molar-refractivity contribution in [3.05, 3.63) is 23.8 Å². The van der Waals surface area contributed by atoms with Crippen molar-refractivity contribution in [2.24, 2.45) is 5.92 Å². The minimum Gasteiger partial charge on any atom is -0.496 e. The van der Waals surface area contributed by atoms with E-state index in [1.54, 1.807) is 7.11 Å². The largest absolute Gasteiger partial charge is 0.496 e. The number of nitrogens with one attached hydrogen (secondary N) is 1. The molecule has 116 valence electrons. The Labute approximate surface area is 128 Å². The summed E-state index contributed by atoms with van der Waals surface area (Å²) < 4.78 is 5.54. The monoisotopic (exact) mass is 289 g/mol. The molecular formula is C17H27N3O. The Hall–Kier alpha value is -1.73. The molecule has 0 aliphatic rings. The third-order valence-corrected chi connectivity index (χ3v) is 3.58. The molecule has 0 amide bonds. The Bertz CT molecular complexity index is 481. The Kier molecular flexibility index (Phi) is 7.04. The van der Waals surface area contributed by atoms with E-state index in [2.05, 4.69) is 36.2 Å². The standard InChI is InChI=1S/C17H27N3O/c1-6-10-19-14(3)17-15(8-7-9-16(17)21-5)20(4)12-13(2)11-18/h7-9,13-14,19H,6,10,12H2,1-5H3. The second-order valence-electron chi connectivity index (χ2n) is 5.48. The fourth-order valence-electron chi connectivity index (χ4n) is 2.49. The van der Waals surface area contributed by atoms with Gasteiger partial charge in [0, 0.05) is 30.9 Å². The highest BCUT2D eigenvalue weighted by Gasteiger charge is 2.19. The molecule has 21 heavy (non-hydrogen) atoms. The Morgan fingerprint density at radius 3 is 2.67 bits per heavy atom. The summed E-state index contributed by atoms with van der Waals surface area (Å²) in [5.41, 5.74) is 2.27. The molecule has 0 radical (unpaired) electrons. The first-order valence-electron chi connectivity index (χ1n) is 7.56. The number of methoxy groups -OCH3 is 1. The fraction of sp³-hybridized carbons (Fsp3) is 0.588. The summed E-state index contributed by atoms with van der Waals surface area (Å²) in [6.45, 7) is 7.92. The maximum Gasteiger partial charge on any atom is 0.125 e. The SMILES string of the molecule is CCCNC(C)c1c(OC)cccc1N(C)CC(C)C#N. The number of nitrogens with zero attached hydrogens (tertiary/aromatic N) is 2. The molecule has 0 spiro atoms. The van der Waals surface area contributed by atoms with Gasteiger partial charge in [-0.1, -0.05) is 13.0 Å². The van der Waals surface area contributed by atoms with Gasteiger partial charge in [0.25, 0.3) is 0 Å². The van der Waals surface area contributed by atoms with Crippen LogP contribution in [0.15, 0.2) is 18.2 Å². The van der Waals surface area contributed by atoms with E-state index in [1.165, 1.54) is 0 Å².